The lowest BCUT2D eigenvalue weighted by Crippen LogP contribution is -2.24. The Morgan fingerprint density at radius 1 is 1.57 bits per heavy atom. The lowest BCUT2D eigenvalue weighted by atomic mass is 9.94. The molecule has 0 bridgehead atoms. The fourth-order valence-corrected chi connectivity index (χ4v) is 3.80. The van der Waals surface area contributed by atoms with Gasteiger partial charge in [0.1, 0.15) is 5.41 Å². The largest absolute Gasteiger partial charge is 0.481 e. The average molecular weight is 275 g/mol. The number of carboxylic acids is 1. The molecule has 0 aliphatic heterocycles. The van der Waals surface area contributed by atoms with E-state index in [2.05, 4.69) is 15.9 Å². The Kier molecular flexibility index (Phi) is 2.05. The molecule has 0 saturated heterocycles. The van der Waals surface area contributed by atoms with E-state index in [1.807, 2.05) is 26.0 Å². The summed E-state index contributed by atoms with van der Waals surface area (Å²) in [6.45, 7) is 4.02. The maximum absolute atomic E-state index is 11.3. The first-order valence-electron chi connectivity index (χ1n) is 4.39. The molecular weight excluding hydrogens is 264 g/mol. The lowest BCUT2D eigenvalue weighted by Gasteiger charge is -2.13. The summed E-state index contributed by atoms with van der Waals surface area (Å²) in [5.41, 5.74) is -0.743. The van der Waals surface area contributed by atoms with Crippen molar-refractivity contribution in [1.29, 1.82) is 0 Å². The lowest BCUT2D eigenvalue weighted by molar-refractivity contribution is -0.140. The quantitative estimate of drug-likeness (QED) is 0.899. The molecule has 1 aromatic rings. The van der Waals surface area contributed by atoms with Crippen LogP contribution in [0, 0.1) is 5.41 Å². The van der Waals surface area contributed by atoms with Gasteiger partial charge in [0, 0.05) is 4.88 Å². The third kappa shape index (κ3) is 1.17. The van der Waals surface area contributed by atoms with Crippen molar-refractivity contribution in [3.05, 3.63) is 20.8 Å². The summed E-state index contributed by atoms with van der Waals surface area (Å²) < 4.78 is 0.996. The van der Waals surface area contributed by atoms with Crippen molar-refractivity contribution in [3.8, 4) is 0 Å². The van der Waals surface area contributed by atoms with Crippen LogP contribution in [-0.2, 0) is 10.2 Å². The number of carbonyl (C=O) groups is 1. The van der Waals surface area contributed by atoms with Crippen LogP contribution in [0.5, 0.6) is 0 Å². The monoisotopic (exact) mass is 274 g/mol. The minimum atomic E-state index is -0.697. The zero-order chi connectivity index (χ0) is 10.6. The van der Waals surface area contributed by atoms with E-state index >= 15 is 0 Å². The SMILES string of the molecule is CC1(C)CC1(C(=O)O)c1ccc(Br)s1. The molecule has 1 atom stereocenters. The Bertz CT molecular complexity index is 397. The molecule has 1 fully saturated rings. The average Bonchev–Trinajstić information content (AvgIpc) is 2.44. The third-order valence-corrected chi connectivity index (χ3v) is 4.88. The van der Waals surface area contributed by atoms with Crippen molar-refractivity contribution in [1.82, 2.24) is 0 Å². The molecule has 14 heavy (non-hydrogen) atoms. The number of carboxylic acid groups (broad SMARTS) is 1. The van der Waals surface area contributed by atoms with Gasteiger partial charge in [-0.05, 0) is 39.9 Å². The van der Waals surface area contributed by atoms with Crippen LogP contribution < -0.4 is 0 Å². The van der Waals surface area contributed by atoms with E-state index in [4.69, 9.17) is 0 Å². The smallest absolute Gasteiger partial charge is 0.315 e. The van der Waals surface area contributed by atoms with Crippen LogP contribution in [0.25, 0.3) is 0 Å². The number of hydrogen-bond donors (Lipinski definition) is 1. The van der Waals surface area contributed by atoms with Crippen LogP contribution in [-0.4, -0.2) is 11.1 Å². The molecule has 0 spiro atoms. The minimum absolute atomic E-state index is 0.108. The molecule has 0 radical (unpaired) electrons. The van der Waals surface area contributed by atoms with Gasteiger partial charge in [0.2, 0.25) is 0 Å². The van der Waals surface area contributed by atoms with E-state index in [0.717, 1.165) is 15.1 Å². The number of halogens is 1. The van der Waals surface area contributed by atoms with Gasteiger partial charge in [-0.1, -0.05) is 13.8 Å². The Hall–Kier alpha value is -0.350. The van der Waals surface area contributed by atoms with Crippen LogP contribution in [0.1, 0.15) is 25.1 Å². The maximum atomic E-state index is 11.3. The summed E-state index contributed by atoms with van der Waals surface area (Å²) in [7, 11) is 0. The summed E-state index contributed by atoms with van der Waals surface area (Å²) >= 11 is 4.89. The molecule has 1 aliphatic rings. The highest BCUT2D eigenvalue weighted by atomic mass is 79.9. The van der Waals surface area contributed by atoms with Crippen LogP contribution in [0.4, 0.5) is 0 Å². The first kappa shape index (κ1) is 10.2. The molecular formula is C10H11BrO2S. The second-order valence-corrected chi connectivity index (χ2v) is 6.84. The van der Waals surface area contributed by atoms with E-state index in [-0.39, 0.29) is 5.41 Å². The van der Waals surface area contributed by atoms with E-state index in [1.54, 1.807) is 0 Å². The van der Waals surface area contributed by atoms with Crippen molar-refractivity contribution in [2.45, 2.75) is 25.7 Å². The van der Waals surface area contributed by atoms with Crippen molar-refractivity contribution >= 4 is 33.2 Å². The molecule has 1 saturated carbocycles. The third-order valence-electron chi connectivity index (χ3n) is 3.10. The molecule has 1 aromatic heterocycles. The zero-order valence-corrected chi connectivity index (χ0v) is 10.4. The van der Waals surface area contributed by atoms with E-state index in [1.165, 1.54) is 11.3 Å². The van der Waals surface area contributed by atoms with E-state index in [9.17, 15) is 9.90 Å². The molecule has 1 N–H and O–H groups in total. The Morgan fingerprint density at radius 3 is 2.43 bits per heavy atom. The zero-order valence-electron chi connectivity index (χ0n) is 8.00. The van der Waals surface area contributed by atoms with Gasteiger partial charge in [-0.15, -0.1) is 11.3 Å². The number of aliphatic carboxylic acids is 1. The normalized spacial score (nSPS) is 28.8. The van der Waals surface area contributed by atoms with Crippen molar-refractivity contribution in [2.75, 3.05) is 0 Å². The Balaban J connectivity index is 2.46. The second-order valence-electron chi connectivity index (χ2n) is 4.37. The number of thiophene rings is 1. The maximum Gasteiger partial charge on any atom is 0.315 e. The molecule has 2 rings (SSSR count). The van der Waals surface area contributed by atoms with Crippen molar-refractivity contribution in [3.63, 3.8) is 0 Å². The topological polar surface area (TPSA) is 37.3 Å². The number of rotatable bonds is 2. The summed E-state index contributed by atoms with van der Waals surface area (Å²) in [5, 5.41) is 9.29. The Labute approximate surface area is 95.1 Å². The van der Waals surface area contributed by atoms with Crippen molar-refractivity contribution < 1.29 is 9.90 Å². The van der Waals surface area contributed by atoms with Crippen LogP contribution in [0.2, 0.25) is 0 Å². The number of hydrogen-bond acceptors (Lipinski definition) is 2. The highest BCUT2D eigenvalue weighted by molar-refractivity contribution is 9.11. The highest BCUT2D eigenvalue weighted by Gasteiger charge is 2.68. The fraction of sp³-hybridized carbons (Fsp3) is 0.500. The van der Waals surface area contributed by atoms with Gasteiger partial charge in [-0.2, -0.15) is 0 Å². The van der Waals surface area contributed by atoms with Gasteiger partial charge in [-0.3, -0.25) is 4.79 Å². The summed E-state index contributed by atoms with van der Waals surface area (Å²) in [5.74, 6) is -0.697. The highest BCUT2D eigenvalue weighted by Crippen LogP contribution is 2.65. The van der Waals surface area contributed by atoms with Gasteiger partial charge in [-0.25, -0.2) is 0 Å². The van der Waals surface area contributed by atoms with Crippen molar-refractivity contribution in [2.24, 2.45) is 5.41 Å². The fourth-order valence-electron chi connectivity index (χ4n) is 2.05. The molecule has 76 valence electrons. The summed E-state index contributed by atoms with van der Waals surface area (Å²) in [4.78, 5) is 12.3. The summed E-state index contributed by atoms with van der Waals surface area (Å²) in [6.07, 6.45) is 0.738. The molecule has 0 amide bonds. The predicted octanol–water partition coefficient (Wildman–Crippen LogP) is 3.26. The minimum Gasteiger partial charge on any atom is -0.481 e. The van der Waals surface area contributed by atoms with Gasteiger partial charge in [0.15, 0.2) is 0 Å². The van der Waals surface area contributed by atoms with Gasteiger partial charge in [0.05, 0.1) is 3.79 Å². The van der Waals surface area contributed by atoms with E-state index in [0.29, 0.717) is 0 Å². The van der Waals surface area contributed by atoms with Crippen LogP contribution in [0.3, 0.4) is 0 Å². The van der Waals surface area contributed by atoms with Crippen LogP contribution >= 0.6 is 27.3 Å². The van der Waals surface area contributed by atoms with Crippen LogP contribution in [0.15, 0.2) is 15.9 Å². The molecule has 1 heterocycles. The Morgan fingerprint density at radius 2 is 2.14 bits per heavy atom. The van der Waals surface area contributed by atoms with Gasteiger partial charge < -0.3 is 5.11 Å². The molecule has 4 heteroatoms. The van der Waals surface area contributed by atoms with E-state index < -0.39 is 11.4 Å². The standard InChI is InChI=1S/C10H11BrO2S/c1-9(2)5-10(9,8(12)13)6-3-4-7(11)14-6/h3-4H,5H2,1-2H3,(H,12,13). The predicted molar refractivity (Wildman–Crippen MR) is 59.7 cm³/mol. The molecule has 2 nitrogen and oxygen atoms in total. The first-order valence-corrected chi connectivity index (χ1v) is 6.00. The molecule has 1 aliphatic carbocycles. The van der Waals surface area contributed by atoms with Gasteiger partial charge >= 0.3 is 5.97 Å². The molecule has 1 unspecified atom stereocenters. The van der Waals surface area contributed by atoms with Gasteiger partial charge in [0.25, 0.3) is 0 Å². The first-order chi connectivity index (χ1) is 6.40. The second kappa shape index (κ2) is 2.83. The summed E-state index contributed by atoms with van der Waals surface area (Å²) in [6, 6.07) is 3.83. The molecule has 0 aromatic carbocycles.